The molecule has 0 aliphatic carbocycles. The second-order valence-corrected chi connectivity index (χ2v) is 9.43. The summed E-state index contributed by atoms with van der Waals surface area (Å²) >= 11 is 0. The molecule has 178 valence electrons. The lowest BCUT2D eigenvalue weighted by Gasteiger charge is -2.39. The molecule has 1 fully saturated rings. The maximum absolute atomic E-state index is 13.8. The van der Waals surface area contributed by atoms with Gasteiger partial charge in [-0.25, -0.2) is 4.39 Å². The Hall–Kier alpha value is -3.55. The van der Waals surface area contributed by atoms with E-state index >= 15 is 0 Å². The smallest absolute Gasteiger partial charge is 0.148 e. The summed E-state index contributed by atoms with van der Waals surface area (Å²) in [6, 6.07) is 20.8. The number of nitrogens with one attached hydrogen (secondary N) is 3. The minimum Gasteiger partial charge on any atom is -0.377 e. The SMILES string of the molecule is O=CC1NN=C2c3c(cccc31)NC(c1ccc(CN3CCNCC3)cc1)C2c1ccc(F)cc1. The maximum Gasteiger partial charge on any atom is 0.148 e. The van der Waals surface area contributed by atoms with Crippen molar-refractivity contribution in [1.82, 2.24) is 15.6 Å². The quantitative estimate of drug-likeness (QED) is 0.497. The maximum atomic E-state index is 13.8. The van der Waals surface area contributed by atoms with E-state index < -0.39 is 6.04 Å². The summed E-state index contributed by atoms with van der Waals surface area (Å²) < 4.78 is 13.8. The number of hydrazone groups is 1. The van der Waals surface area contributed by atoms with Crippen LogP contribution in [-0.4, -0.2) is 43.1 Å². The van der Waals surface area contributed by atoms with E-state index in [1.807, 2.05) is 30.3 Å². The number of carbonyl (C=O) groups is 1. The normalized spacial score (nSPS) is 23.5. The summed E-state index contributed by atoms with van der Waals surface area (Å²) in [5.41, 5.74) is 10.1. The molecule has 0 aromatic heterocycles. The fourth-order valence-electron chi connectivity index (χ4n) is 5.49. The number of aldehydes is 1. The predicted molar refractivity (Wildman–Crippen MR) is 135 cm³/mol. The average molecular weight is 470 g/mol. The van der Waals surface area contributed by atoms with Gasteiger partial charge in [0.05, 0.1) is 17.7 Å². The predicted octanol–water partition coefficient (Wildman–Crippen LogP) is 3.73. The molecular formula is C28H28FN5O. The molecule has 3 atom stereocenters. The van der Waals surface area contributed by atoms with Crippen molar-refractivity contribution in [3.8, 4) is 0 Å². The minimum atomic E-state index is -0.481. The van der Waals surface area contributed by atoms with Crippen molar-refractivity contribution in [1.29, 1.82) is 0 Å². The number of hydrogen-bond donors (Lipinski definition) is 3. The Balaban J connectivity index is 1.39. The molecule has 0 spiro atoms. The highest BCUT2D eigenvalue weighted by molar-refractivity contribution is 6.13. The lowest BCUT2D eigenvalue weighted by molar-refractivity contribution is -0.109. The van der Waals surface area contributed by atoms with Crippen molar-refractivity contribution < 1.29 is 9.18 Å². The van der Waals surface area contributed by atoms with Crippen LogP contribution in [0.2, 0.25) is 0 Å². The molecule has 6 nitrogen and oxygen atoms in total. The molecular weight excluding hydrogens is 441 g/mol. The van der Waals surface area contributed by atoms with Crippen LogP contribution in [0.25, 0.3) is 0 Å². The van der Waals surface area contributed by atoms with E-state index in [1.54, 1.807) is 0 Å². The Labute approximate surface area is 204 Å². The number of benzene rings is 3. The van der Waals surface area contributed by atoms with Crippen LogP contribution in [0.3, 0.4) is 0 Å². The van der Waals surface area contributed by atoms with E-state index in [0.29, 0.717) is 0 Å². The van der Waals surface area contributed by atoms with Gasteiger partial charge in [-0.1, -0.05) is 48.5 Å². The van der Waals surface area contributed by atoms with Crippen molar-refractivity contribution >= 4 is 17.7 Å². The zero-order valence-electron chi connectivity index (χ0n) is 19.4. The minimum absolute atomic E-state index is 0.0928. The van der Waals surface area contributed by atoms with Gasteiger partial charge >= 0.3 is 0 Å². The fourth-order valence-corrected chi connectivity index (χ4v) is 5.49. The van der Waals surface area contributed by atoms with Crippen molar-refractivity contribution in [3.63, 3.8) is 0 Å². The molecule has 0 saturated carbocycles. The van der Waals surface area contributed by atoms with E-state index in [4.69, 9.17) is 5.10 Å². The highest BCUT2D eigenvalue weighted by Gasteiger charge is 2.40. The van der Waals surface area contributed by atoms with Gasteiger partial charge < -0.3 is 15.4 Å². The van der Waals surface area contributed by atoms with Crippen molar-refractivity contribution in [2.24, 2.45) is 5.10 Å². The summed E-state index contributed by atoms with van der Waals surface area (Å²) in [5.74, 6) is -0.416. The highest BCUT2D eigenvalue weighted by atomic mass is 19.1. The standard InChI is InChI=1S/C28H28FN5O/c29-21-10-8-19(9-11-21)25-27(20-6-4-18(5-7-20)16-34-14-12-30-13-15-34)31-23-3-1-2-22-24(17-35)32-33-28(25)26(22)23/h1-11,17,24-25,27,30-32H,12-16H2. The van der Waals surface area contributed by atoms with Crippen molar-refractivity contribution in [2.75, 3.05) is 31.5 Å². The first kappa shape index (κ1) is 21.9. The Morgan fingerprint density at radius 3 is 2.46 bits per heavy atom. The lowest BCUT2D eigenvalue weighted by Crippen LogP contribution is -2.42. The van der Waals surface area contributed by atoms with Gasteiger partial charge in [0.1, 0.15) is 18.1 Å². The summed E-state index contributed by atoms with van der Waals surface area (Å²) in [6.07, 6.45) is 0.881. The average Bonchev–Trinajstić information content (AvgIpc) is 2.90. The third-order valence-corrected chi connectivity index (χ3v) is 7.27. The number of rotatable bonds is 5. The molecule has 7 heteroatoms. The molecule has 6 rings (SSSR count). The van der Waals surface area contributed by atoms with Crippen LogP contribution in [0, 0.1) is 5.82 Å². The largest absolute Gasteiger partial charge is 0.377 e. The zero-order chi connectivity index (χ0) is 23.8. The summed E-state index contributed by atoms with van der Waals surface area (Å²) in [4.78, 5) is 14.2. The zero-order valence-corrected chi connectivity index (χ0v) is 19.4. The lowest BCUT2D eigenvalue weighted by atomic mass is 9.75. The Kier molecular flexibility index (Phi) is 5.80. The monoisotopic (exact) mass is 469 g/mol. The van der Waals surface area contributed by atoms with Crippen LogP contribution in [0.15, 0.2) is 71.8 Å². The Morgan fingerprint density at radius 1 is 0.971 bits per heavy atom. The molecule has 3 aromatic rings. The highest BCUT2D eigenvalue weighted by Crippen LogP contribution is 2.45. The molecule has 35 heavy (non-hydrogen) atoms. The number of anilines is 1. The van der Waals surface area contributed by atoms with Gasteiger partial charge in [-0.05, 0) is 40.5 Å². The first-order chi connectivity index (χ1) is 17.2. The number of hydrogen-bond acceptors (Lipinski definition) is 6. The van der Waals surface area contributed by atoms with E-state index in [9.17, 15) is 9.18 Å². The van der Waals surface area contributed by atoms with E-state index in [-0.39, 0.29) is 17.8 Å². The molecule has 1 saturated heterocycles. The summed E-state index contributed by atoms with van der Waals surface area (Å²) in [6.45, 7) is 5.13. The number of halogens is 1. The summed E-state index contributed by atoms with van der Waals surface area (Å²) in [5, 5.41) is 11.8. The Bertz CT molecular complexity index is 1250. The number of piperazine rings is 1. The van der Waals surface area contributed by atoms with Gasteiger partial charge in [0.2, 0.25) is 0 Å². The van der Waals surface area contributed by atoms with Gasteiger partial charge in [0, 0.05) is 44.0 Å². The van der Waals surface area contributed by atoms with Crippen LogP contribution in [0.1, 0.15) is 45.8 Å². The topological polar surface area (TPSA) is 68.8 Å². The van der Waals surface area contributed by atoms with E-state index in [1.165, 1.54) is 17.7 Å². The van der Waals surface area contributed by atoms with Gasteiger partial charge in [0.25, 0.3) is 0 Å². The van der Waals surface area contributed by atoms with Crippen LogP contribution in [0.5, 0.6) is 0 Å². The molecule has 0 radical (unpaired) electrons. The van der Waals surface area contributed by atoms with Crippen LogP contribution in [-0.2, 0) is 11.3 Å². The fraction of sp³-hybridized carbons (Fsp3) is 0.286. The molecule has 3 unspecified atom stereocenters. The first-order valence-electron chi connectivity index (χ1n) is 12.2. The van der Waals surface area contributed by atoms with E-state index in [2.05, 4.69) is 45.2 Å². The second-order valence-electron chi connectivity index (χ2n) is 9.43. The number of nitrogens with zero attached hydrogens (tertiary/aromatic N) is 2. The third-order valence-electron chi connectivity index (χ3n) is 7.27. The molecule has 3 aliphatic heterocycles. The van der Waals surface area contributed by atoms with Gasteiger partial charge in [-0.2, -0.15) is 5.10 Å². The number of carbonyl (C=O) groups excluding carboxylic acids is 1. The third kappa shape index (κ3) is 4.11. The summed E-state index contributed by atoms with van der Waals surface area (Å²) in [7, 11) is 0. The molecule has 3 aromatic carbocycles. The van der Waals surface area contributed by atoms with Crippen molar-refractivity contribution in [3.05, 3.63) is 100 Å². The van der Waals surface area contributed by atoms with Gasteiger partial charge in [-0.15, -0.1) is 0 Å². The van der Waals surface area contributed by atoms with Gasteiger partial charge in [-0.3, -0.25) is 10.3 Å². The van der Waals surface area contributed by atoms with Crippen molar-refractivity contribution in [2.45, 2.75) is 24.5 Å². The van der Waals surface area contributed by atoms with Crippen LogP contribution in [0.4, 0.5) is 10.1 Å². The second kappa shape index (κ2) is 9.24. The van der Waals surface area contributed by atoms with Gasteiger partial charge in [0.15, 0.2) is 0 Å². The first-order valence-corrected chi connectivity index (χ1v) is 12.2. The van der Waals surface area contributed by atoms with Crippen LogP contribution >= 0.6 is 0 Å². The molecule has 0 bridgehead atoms. The molecule has 0 amide bonds. The van der Waals surface area contributed by atoms with E-state index in [0.717, 1.165) is 72.7 Å². The molecule has 3 heterocycles. The van der Waals surface area contributed by atoms with Crippen LogP contribution < -0.4 is 16.1 Å². The molecule has 3 aliphatic rings. The Morgan fingerprint density at radius 2 is 1.71 bits per heavy atom. The molecule has 3 N–H and O–H groups in total.